The van der Waals surface area contributed by atoms with Gasteiger partial charge in [0.2, 0.25) is 6.79 Å². The van der Waals surface area contributed by atoms with Crippen LogP contribution in [0.4, 0.5) is 0 Å². The Balaban J connectivity index is 1.88. The van der Waals surface area contributed by atoms with Crippen molar-refractivity contribution in [1.82, 2.24) is 10.2 Å². The summed E-state index contributed by atoms with van der Waals surface area (Å²) in [5.74, 6) is 2.06. The highest BCUT2D eigenvalue weighted by molar-refractivity contribution is 6.14. The van der Waals surface area contributed by atoms with Crippen molar-refractivity contribution in [2.75, 3.05) is 13.9 Å². The third-order valence-corrected chi connectivity index (χ3v) is 4.60. The third kappa shape index (κ3) is 2.01. The summed E-state index contributed by atoms with van der Waals surface area (Å²) in [5, 5.41) is 22.2. The van der Waals surface area contributed by atoms with Crippen LogP contribution in [0.5, 0.6) is 17.2 Å². The fourth-order valence-corrected chi connectivity index (χ4v) is 3.35. The minimum absolute atomic E-state index is 0.102. The Morgan fingerprint density at radius 2 is 1.84 bits per heavy atom. The summed E-state index contributed by atoms with van der Waals surface area (Å²) in [7, 11) is 1.59. The van der Waals surface area contributed by atoms with Gasteiger partial charge in [0.25, 0.3) is 0 Å². The molecule has 0 atom stereocenters. The van der Waals surface area contributed by atoms with Gasteiger partial charge in [0.05, 0.1) is 19.2 Å². The summed E-state index contributed by atoms with van der Waals surface area (Å²) >= 11 is 0. The van der Waals surface area contributed by atoms with Crippen molar-refractivity contribution in [2.45, 2.75) is 6.61 Å². The third-order valence-electron chi connectivity index (χ3n) is 4.60. The summed E-state index contributed by atoms with van der Waals surface area (Å²) in [6, 6.07) is 11.6. The maximum atomic E-state index is 9.61. The van der Waals surface area contributed by atoms with Gasteiger partial charge in [-0.1, -0.05) is 12.1 Å². The van der Waals surface area contributed by atoms with Gasteiger partial charge in [0.1, 0.15) is 11.3 Å². The molecule has 1 aromatic heterocycles. The quantitative estimate of drug-likeness (QED) is 0.568. The lowest BCUT2D eigenvalue weighted by Crippen LogP contribution is -1.94. The predicted molar refractivity (Wildman–Crippen MR) is 93.1 cm³/mol. The Morgan fingerprint density at radius 1 is 1.00 bits per heavy atom. The van der Waals surface area contributed by atoms with E-state index in [9.17, 15) is 5.11 Å². The average Bonchev–Trinajstić information content (AvgIpc) is 3.11. The number of benzene rings is 3. The molecule has 0 amide bonds. The number of aliphatic hydroxyl groups is 1. The number of hydrogen-bond donors (Lipinski definition) is 1. The molecule has 124 valence electrons. The average molecular weight is 334 g/mol. The van der Waals surface area contributed by atoms with Crippen LogP contribution in [0.15, 0.2) is 36.4 Å². The van der Waals surface area contributed by atoms with Crippen LogP contribution in [-0.4, -0.2) is 29.2 Å². The summed E-state index contributed by atoms with van der Waals surface area (Å²) in [6.07, 6.45) is 0. The number of aliphatic hydroxyl groups excluding tert-OH is 1. The van der Waals surface area contributed by atoms with Gasteiger partial charge in [0.15, 0.2) is 11.5 Å². The molecule has 0 saturated heterocycles. The van der Waals surface area contributed by atoms with Gasteiger partial charge in [-0.2, -0.15) is 0 Å². The van der Waals surface area contributed by atoms with Crippen molar-refractivity contribution in [3.63, 3.8) is 0 Å². The molecule has 3 aromatic carbocycles. The van der Waals surface area contributed by atoms with E-state index < -0.39 is 0 Å². The number of ether oxygens (including phenoxy) is 3. The molecule has 1 N–H and O–H groups in total. The molecule has 25 heavy (non-hydrogen) atoms. The summed E-state index contributed by atoms with van der Waals surface area (Å²) in [6.45, 7) is 0.120. The molecule has 4 aromatic rings. The van der Waals surface area contributed by atoms with Gasteiger partial charge >= 0.3 is 0 Å². The lowest BCUT2D eigenvalue weighted by molar-refractivity contribution is 0.174. The zero-order valence-corrected chi connectivity index (χ0v) is 13.4. The van der Waals surface area contributed by atoms with E-state index in [1.54, 1.807) is 7.11 Å². The normalized spacial score (nSPS) is 13.0. The second-order valence-corrected chi connectivity index (χ2v) is 5.93. The van der Waals surface area contributed by atoms with E-state index in [1.165, 1.54) is 0 Å². The molecule has 0 spiro atoms. The molecule has 5 rings (SSSR count). The number of hydrogen-bond acceptors (Lipinski definition) is 6. The van der Waals surface area contributed by atoms with Crippen LogP contribution in [-0.2, 0) is 6.61 Å². The van der Waals surface area contributed by atoms with Crippen molar-refractivity contribution in [3.8, 4) is 17.2 Å². The molecule has 0 radical (unpaired) electrons. The molecule has 0 unspecified atom stereocenters. The predicted octanol–water partition coefficient (Wildman–Crippen LogP) is 3.17. The largest absolute Gasteiger partial charge is 0.496 e. The van der Waals surface area contributed by atoms with Crippen molar-refractivity contribution in [2.24, 2.45) is 0 Å². The highest BCUT2D eigenvalue weighted by atomic mass is 16.7. The van der Waals surface area contributed by atoms with Crippen molar-refractivity contribution >= 4 is 32.6 Å². The molecular formula is C19H14N2O4. The van der Waals surface area contributed by atoms with Crippen LogP contribution >= 0.6 is 0 Å². The number of nitrogens with zero attached hydrogens (tertiary/aromatic N) is 2. The molecule has 0 bridgehead atoms. The van der Waals surface area contributed by atoms with Gasteiger partial charge in [-0.15, -0.1) is 10.2 Å². The zero-order chi connectivity index (χ0) is 17.0. The number of aromatic nitrogens is 2. The smallest absolute Gasteiger partial charge is 0.231 e. The molecule has 6 nitrogen and oxygen atoms in total. The monoisotopic (exact) mass is 334 g/mol. The standard InChI is InChI=1S/C19H14N2O4/c1-23-16-5-10-2-3-12-14-6-17-18(25-9-24-17)7-15(14)20-21-19(12)13(10)4-11(16)8-22/h2-7,22H,8-9H2,1H3. The van der Waals surface area contributed by atoms with Gasteiger partial charge in [-0.25, -0.2) is 0 Å². The van der Waals surface area contributed by atoms with Gasteiger partial charge in [0, 0.05) is 27.8 Å². The minimum atomic E-state index is -0.102. The molecule has 0 aliphatic carbocycles. The van der Waals surface area contributed by atoms with E-state index >= 15 is 0 Å². The summed E-state index contributed by atoms with van der Waals surface area (Å²) in [4.78, 5) is 0. The number of fused-ring (bicyclic) bond motifs is 6. The molecule has 0 saturated carbocycles. The van der Waals surface area contributed by atoms with Crippen molar-refractivity contribution in [3.05, 3.63) is 42.0 Å². The number of rotatable bonds is 2. The zero-order valence-electron chi connectivity index (χ0n) is 13.4. The van der Waals surface area contributed by atoms with Crippen molar-refractivity contribution in [1.29, 1.82) is 0 Å². The lowest BCUT2D eigenvalue weighted by Gasteiger charge is -2.11. The maximum Gasteiger partial charge on any atom is 0.231 e. The first-order chi connectivity index (χ1) is 12.3. The van der Waals surface area contributed by atoms with Crippen molar-refractivity contribution < 1.29 is 19.3 Å². The maximum absolute atomic E-state index is 9.61. The van der Waals surface area contributed by atoms with Crippen LogP contribution in [0.25, 0.3) is 32.6 Å². The fraction of sp³-hybridized carbons (Fsp3) is 0.158. The summed E-state index contributed by atoms with van der Waals surface area (Å²) < 4.78 is 16.3. The van der Waals surface area contributed by atoms with Crippen LogP contribution in [0, 0.1) is 0 Å². The SMILES string of the molecule is COc1cc2ccc3c4cc5c(cc4nnc3c2cc1CO)OCO5. The van der Waals surface area contributed by atoms with E-state index in [0.717, 1.165) is 38.1 Å². The highest BCUT2D eigenvalue weighted by Gasteiger charge is 2.17. The Kier molecular flexibility index (Phi) is 2.96. The highest BCUT2D eigenvalue weighted by Crippen LogP contribution is 2.39. The first-order valence-corrected chi connectivity index (χ1v) is 7.89. The van der Waals surface area contributed by atoms with E-state index in [-0.39, 0.29) is 13.4 Å². The Labute approximate surface area is 142 Å². The van der Waals surface area contributed by atoms with Crippen LogP contribution < -0.4 is 14.2 Å². The van der Waals surface area contributed by atoms with E-state index in [1.807, 2.05) is 36.4 Å². The van der Waals surface area contributed by atoms with E-state index in [4.69, 9.17) is 14.2 Å². The first-order valence-electron chi connectivity index (χ1n) is 7.89. The van der Waals surface area contributed by atoms with E-state index in [2.05, 4.69) is 10.2 Å². The van der Waals surface area contributed by atoms with E-state index in [0.29, 0.717) is 17.2 Å². The Morgan fingerprint density at radius 3 is 2.64 bits per heavy atom. The van der Waals surface area contributed by atoms with Crippen LogP contribution in [0.3, 0.4) is 0 Å². The second kappa shape index (κ2) is 5.19. The number of methoxy groups -OCH3 is 1. The van der Waals surface area contributed by atoms with Crippen LogP contribution in [0.1, 0.15) is 5.56 Å². The molecule has 0 fully saturated rings. The minimum Gasteiger partial charge on any atom is -0.496 e. The van der Waals surface area contributed by atoms with Gasteiger partial charge in [-0.05, 0) is 23.6 Å². The lowest BCUT2D eigenvalue weighted by atomic mass is 10.0. The van der Waals surface area contributed by atoms with Gasteiger partial charge < -0.3 is 19.3 Å². The summed E-state index contributed by atoms with van der Waals surface area (Å²) in [5.41, 5.74) is 2.25. The Hall–Kier alpha value is -3.12. The molecule has 1 aliphatic rings. The topological polar surface area (TPSA) is 73.7 Å². The second-order valence-electron chi connectivity index (χ2n) is 5.93. The first kappa shape index (κ1) is 14.2. The Bertz CT molecular complexity index is 1160. The van der Waals surface area contributed by atoms with Gasteiger partial charge in [-0.3, -0.25) is 0 Å². The molecular weight excluding hydrogens is 320 g/mol. The molecule has 1 aliphatic heterocycles. The molecule has 6 heteroatoms. The fourth-order valence-electron chi connectivity index (χ4n) is 3.35. The van der Waals surface area contributed by atoms with Crippen LogP contribution in [0.2, 0.25) is 0 Å². The molecule has 2 heterocycles.